The molecule has 3 rings (SSSR count). The lowest BCUT2D eigenvalue weighted by molar-refractivity contribution is 0.360. The number of halogens is 1. The van der Waals surface area contributed by atoms with Gasteiger partial charge in [-0.1, -0.05) is 27.2 Å². The molecule has 4 nitrogen and oxygen atoms in total. The third kappa shape index (κ3) is 3.10. The number of aryl methyl sites for hydroxylation is 1. The van der Waals surface area contributed by atoms with Crippen molar-refractivity contribution in [3.8, 4) is 11.5 Å². The van der Waals surface area contributed by atoms with Gasteiger partial charge < -0.3 is 9.84 Å². The van der Waals surface area contributed by atoms with E-state index in [4.69, 9.17) is 4.52 Å². The van der Waals surface area contributed by atoms with E-state index in [1.165, 1.54) is 18.4 Å². The van der Waals surface area contributed by atoms with Crippen LogP contribution in [0.3, 0.4) is 0 Å². The molecule has 0 spiro atoms. The molecule has 106 valence electrons. The first kappa shape index (κ1) is 13.8. The van der Waals surface area contributed by atoms with Gasteiger partial charge in [-0.15, -0.1) is 0 Å². The van der Waals surface area contributed by atoms with Gasteiger partial charge in [-0.2, -0.15) is 4.98 Å². The largest absolute Gasteiger partial charge is 0.334 e. The minimum absolute atomic E-state index is 0.601. The van der Waals surface area contributed by atoms with Crippen molar-refractivity contribution in [2.45, 2.75) is 26.2 Å². The Bertz CT molecular complexity index is 591. The van der Waals surface area contributed by atoms with Crippen molar-refractivity contribution in [2.75, 3.05) is 13.1 Å². The summed E-state index contributed by atoms with van der Waals surface area (Å²) in [5.41, 5.74) is 2.16. The van der Waals surface area contributed by atoms with Gasteiger partial charge in [0.2, 0.25) is 0 Å². The van der Waals surface area contributed by atoms with Crippen LogP contribution in [0.4, 0.5) is 0 Å². The molecule has 1 aliphatic rings. The normalized spacial score (nSPS) is 19.2. The van der Waals surface area contributed by atoms with Crippen LogP contribution in [0, 0.1) is 12.8 Å². The lowest BCUT2D eigenvalue weighted by Crippen LogP contribution is -2.31. The molecule has 5 heteroatoms. The Morgan fingerprint density at radius 2 is 2.35 bits per heavy atom. The van der Waals surface area contributed by atoms with Crippen LogP contribution in [0.2, 0.25) is 0 Å². The third-order valence-electron chi connectivity index (χ3n) is 3.76. The van der Waals surface area contributed by atoms with E-state index >= 15 is 0 Å². The highest BCUT2D eigenvalue weighted by Gasteiger charge is 2.17. The van der Waals surface area contributed by atoms with Crippen LogP contribution in [0.5, 0.6) is 0 Å². The highest BCUT2D eigenvalue weighted by Crippen LogP contribution is 2.25. The Kier molecular flexibility index (Phi) is 4.17. The second kappa shape index (κ2) is 6.06. The van der Waals surface area contributed by atoms with Crippen LogP contribution in [0.1, 0.15) is 24.2 Å². The molecular formula is C15H18BrN3O. The summed E-state index contributed by atoms with van der Waals surface area (Å²) >= 11 is 3.53. The average molecular weight is 336 g/mol. The van der Waals surface area contributed by atoms with Crippen LogP contribution in [-0.2, 0) is 6.42 Å². The molecule has 0 saturated carbocycles. The number of piperidine rings is 1. The van der Waals surface area contributed by atoms with E-state index in [2.05, 4.69) is 38.3 Å². The summed E-state index contributed by atoms with van der Waals surface area (Å²) < 4.78 is 6.45. The van der Waals surface area contributed by atoms with Gasteiger partial charge in [0, 0.05) is 16.5 Å². The van der Waals surface area contributed by atoms with Gasteiger partial charge in [-0.25, -0.2) is 0 Å². The maximum Gasteiger partial charge on any atom is 0.257 e. The van der Waals surface area contributed by atoms with Crippen molar-refractivity contribution in [3.05, 3.63) is 34.1 Å². The summed E-state index contributed by atoms with van der Waals surface area (Å²) in [6, 6.07) is 6.09. The zero-order valence-corrected chi connectivity index (χ0v) is 13.1. The summed E-state index contributed by atoms with van der Waals surface area (Å²) in [5.74, 6) is 2.04. The number of hydrogen-bond acceptors (Lipinski definition) is 4. The molecule has 1 saturated heterocycles. The number of nitrogens with zero attached hydrogens (tertiary/aromatic N) is 2. The molecule has 20 heavy (non-hydrogen) atoms. The molecule has 1 unspecified atom stereocenters. The van der Waals surface area contributed by atoms with E-state index in [0.29, 0.717) is 11.8 Å². The van der Waals surface area contributed by atoms with Crippen LogP contribution < -0.4 is 5.32 Å². The summed E-state index contributed by atoms with van der Waals surface area (Å²) in [6.07, 6.45) is 3.37. The van der Waals surface area contributed by atoms with E-state index in [9.17, 15) is 0 Å². The standard InChI is InChI=1S/C15H18BrN3O/c1-10-4-5-12(8-13(10)16)15-18-14(19-20-15)7-11-3-2-6-17-9-11/h4-5,8,11,17H,2-3,6-7,9H2,1H3. The molecule has 1 fully saturated rings. The molecule has 1 aliphatic heterocycles. The lowest BCUT2D eigenvalue weighted by Gasteiger charge is -2.20. The molecule has 1 aromatic heterocycles. The zero-order valence-electron chi connectivity index (χ0n) is 11.5. The Morgan fingerprint density at radius 3 is 3.10 bits per heavy atom. The minimum atomic E-state index is 0.601. The number of hydrogen-bond donors (Lipinski definition) is 1. The fraction of sp³-hybridized carbons (Fsp3) is 0.467. The highest BCUT2D eigenvalue weighted by molar-refractivity contribution is 9.10. The summed E-state index contributed by atoms with van der Waals surface area (Å²) in [7, 11) is 0. The van der Waals surface area contributed by atoms with E-state index in [1.54, 1.807) is 0 Å². The molecule has 1 atom stereocenters. The molecule has 0 aliphatic carbocycles. The number of aromatic nitrogens is 2. The van der Waals surface area contributed by atoms with Crippen LogP contribution in [0.15, 0.2) is 27.2 Å². The van der Waals surface area contributed by atoms with Gasteiger partial charge in [-0.3, -0.25) is 0 Å². The zero-order chi connectivity index (χ0) is 13.9. The van der Waals surface area contributed by atoms with Gasteiger partial charge in [0.05, 0.1) is 0 Å². The van der Waals surface area contributed by atoms with Crippen molar-refractivity contribution < 1.29 is 4.52 Å². The maximum atomic E-state index is 5.38. The summed E-state index contributed by atoms with van der Waals surface area (Å²) in [6.45, 7) is 4.24. The van der Waals surface area contributed by atoms with Gasteiger partial charge in [0.1, 0.15) is 0 Å². The molecule has 2 aromatic rings. The Balaban J connectivity index is 1.73. The van der Waals surface area contributed by atoms with Gasteiger partial charge in [0.25, 0.3) is 5.89 Å². The second-order valence-corrected chi connectivity index (χ2v) is 6.25. The molecule has 2 heterocycles. The van der Waals surface area contributed by atoms with Crippen molar-refractivity contribution in [3.63, 3.8) is 0 Å². The first-order valence-corrected chi connectivity index (χ1v) is 7.81. The average Bonchev–Trinajstić information content (AvgIpc) is 2.91. The first-order chi connectivity index (χ1) is 9.72. The minimum Gasteiger partial charge on any atom is -0.334 e. The smallest absolute Gasteiger partial charge is 0.257 e. The van der Waals surface area contributed by atoms with E-state index in [-0.39, 0.29) is 0 Å². The molecule has 1 aromatic carbocycles. The SMILES string of the molecule is Cc1ccc(-c2nc(CC3CCCNC3)no2)cc1Br. The maximum absolute atomic E-state index is 5.38. The quantitative estimate of drug-likeness (QED) is 0.934. The lowest BCUT2D eigenvalue weighted by atomic mass is 9.96. The Hall–Kier alpha value is -1.20. The molecule has 0 amide bonds. The van der Waals surface area contributed by atoms with E-state index in [1.807, 2.05) is 18.2 Å². The monoisotopic (exact) mass is 335 g/mol. The third-order valence-corrected chi connectivity index (χ3v) is 4.61. The Morgan fingerprint density at radius 1 is 1.45 bits per heavy atom. The van der Waals surface area contributed by atoms with Crippen molar-refractivity contribution in [1.29, 1.82) is 0 Å². The summed E-state index contributed by atoms with van der Waals surface area (Å²) in [4.78, 5) is 4.52. The van der Waals surface area contributed by atoms with Gasteiger partial charge in [0.15, 0.2) is 5.82 Å². The molecule has 0 radical (unpaired) electrons. The van der Waals surface area contributed by atoms with Crippen LogP contribution >= 0.6 is 15.9 Å². The predicted octanol–water partition coefficient (Wildman–Crippen LogP) is 3.35. The number of nitrogens with one attached hydrogen (secondary N) is 1. The summed E-state index contributed by atoms with van der Waals surface area (Å²) in [5, 5.41) is 7.52. The van der Waals surface area contributed by atoms with Crippen molar-refractivity contribution in [2.24, 2.45) is 5.92 Å². The van der Waals surface area contributed by atoms with Crippen LogP contribution in [-0.4, -0.2) is 23.2 Å². The fourth-order valence-electron chi connectivity index (χ4n) is 2.54. The topological polar surface area (TPSA) is 51.0 Å². The highest BCUT2D eigenvalue weighted by atomic mass is 79.9. The van der Waals surface area contributed by atoms with Gasteiger partial charge in [-0.05, 0) is 56.5 Å². The van der Waals surface area contributed by atoms with Crippen molar-refractivity contribution >= 4 is 15.9 Å². The fourth-order valence-corrected chi connectivity index (χ4v) is 2.92. The van der Waals surface area contributed by atoms with Gasteiger partial charge >= 0.3 is 0 Å². The van der Waals surface area contributed by atoms with E-state index in [0.717, 1.165) is 35.4 Å². The van der Waals surface area contributed by atoms with Crippen LogP contribution in [0.25, 0.3) is 11.5 Å². The molecule has 0 bridgehead atoms. The second-order valence-electron chi connectivity index (χ2n) is 5.40. The molecular weight excluding hydrogens is 318 g/mol. The van der Waals surface area contributed by atoms with E-state index < -0.39 is 0 Å². The Labute approximate surface area is 127 Å². The van der Waals surface area contributed by atoms with Crippen molar-refractivity contribution in [1.82, 2.24) is 15.5 Å². The predicted molar refractivity (Wildman–Crippen MR) is 81.5 cm³/mol. The molecule has 1 N–H and O–H groups in total. The number of rotatable bonds is 3. The first-order valence-electron chi connectivity index (χ1n) is 7.02. The number of benzene rings is 1.